The molecule has 0 unspecified atom stereocenters. The van der Waals surface area contributed by atoms with Gasteiger partial charge in [0.2, 0.25) is 0 Å². The number of aromatic nitrogens is 8. The van der Waals surface area contributed by atoms with Gasteiger partial charge in [0.25, 0.3) is 0 Å². The number of H-pyrrole nitrogens is 2. The molecule has 250 valence electrons. The van der Waals surface area contributed by atoms with Gasteiger partial charge in [0.15, 0.2) is 23.3 Å². The van der Waals surface area contributed by atoms with Crippen molar-refractivity contribution < 1.29 is 4.74 Å². The van der Waals surface area contributed by atoms with Crippen molar-refractivity contribution in [3.8, 4) is 51.3 Å². The standard InChI is InChI=1S/C43H32N8O/c1-2-3-11-25-20-22-26(23-21-25)24-52-34-19-10-18-33-35(34)43-50-41-32-17-9-8-16-31(32)39(48-41)46-37-28-13-5-4-12-27(28)36(44-37)45-38-29-14-6-7-15-30(29)40(47-38)49-42(33)51-43/h4-10,12-23H,2-3,11,24H2,1H3,(H2,44,45,46,47,48,49,50,51). The highest BCUT2D eigenvalue weighted by atomic mass is 16.5. The summed E-state index contributed by atoms with van der Waals surface area (Å²) in [5.41, 5.74) is 8.49. The second-order valence-electron chi connectivity index (χ2n) is 13.1. The van der Waals surface area contributed by atoms with Crippen LogP contribution >= 0.6 is 0 Å². The minimum absolute atomic E-state index is 0.410. The molecule has 5 heterocycles. The first kappa shape index (κ1) is 30.1. The Hall–Kier alpha value is -6.74. The van der Waals surface area contributed by atoms with Crippen LogP contribution in [0.4, 0.5) is 0 Å². The molecular formula is C43H32N8O. The number of aryl methyl sites for hydroxylation is 1. The maximum atomic E-state index is 6.55. The smallest absolute Gasteiger partial charge is 0.168 e. The average molecular weight is 677 g/mol. The molecule has 5 aromatic carbocycles. The van der Waals surface area contributed by atoms with Crippen molar-refractivity contribution in [1.29, 1.82) is 0 Å². The fourth-order valence-corrected chi connectivity index (χ4v) is 7.12. The summed E-state index contributed by atoms with van der Waals surface area (Å²) in [6.07, 6.45) is 3.45. The lowest BCUT2D eigenvalue weighted by molar-refractivity contribution is 0.307. The molecule has 9 heteroatoms. The van der Waals surface area contributed by atoms with Crippen molar-refractivity contribution in [3.05, 3.63) is 126 Å². The van der Waals surface area contributed by atoms with Gasteiger partial charge in [0, 0.05) is 38.2 Å². The van der Waals surface area contributed by atoms with E-state index in [9.17, 15) is 0 Å². The molecule has 2 N–H and O–H groups in total. The molecule has 52 heavy (non-hydrogen) atoms. The number of hydrogen-bond acceptors (Lipinski definition) is 7. The van der Waals surface area contributed by atoms with Crippen molar-refractivity contribution in [3.63, 3.8) is 0 Å². The maximum Gasteiger partial charge on any atom is 0.168 e. The number of fused-ring (bicyclic) bond motifs is 20. The third-order valence-corrected chi connectivity index (χ3v) is 9.78. The number of rotatable bonds is 6. The van der Waals surface area contributed by atoms with Gasteiger partial charge in [-0.25, -0.2) is 29.9 Å². The summed E-state index contributed by atoms with van der Waals surface area (Å²) in [6.45, 7) is 2.63. The third-order valence-electron chi connectivity index (χ3n) is 9.78. The van der Waals surface area contributed by atoms with Crippen LogP contribution in [0.2, 0.25) is 0 Å². The van der Waals surface area contributed by atoms with E-state index in [2.05, 4.69) is 41.2 Å². The molecule has 10 rings (SSSR count). The van der Waals surface area contributed by atoms with Gasteiger partial charge in [-0.1, -0.05) is 123 Å². The van der Waals surface area contributed by atoms with Crippen molar-refractivity contribution in [2.24, 2.45) is 0 Å². The topological polar surface area (TPSA) is 118 Å². The third kappa shape index (κ3) is 5.09. The van der Waals surface area contributed by atoms with Crippen molar-refractivity contribution in [1.82, 2.24) is 39.9 Å². The SMILES string of the molecule is CCCCc1ccc(COc2cccc3c2-c2nc-3nc3[nH]c(nc4nc(nc5[nH]c(n2)c2ccccc52)-c2ccccc2-4)c2ccccc32)cc1. The zero-order valence-corrected chi connectivity index (χ0v) is 28.4. The number of benzene rings is 5. The predicted octanol–water partition coefficient (Wildman–Crippen LogP) is 9.79. The Kier molecular flexibility index (Phi) is 7.09. The molecule has 0 atom stereocenters. The van der Waals surface area contributed by atoms with E-state index < -0.39 is 0 Å². The lowest BCUT2D eigenvalue weighted by atomic mass is 10.1. The highest BCUT2D eigenvalue weighted by Gasteiger charge is 2.25. The Bertz CT molecular complexity index is 2850. The highest BCUT2D eigenvalue weighted by Crippen LogP contribution is 2.41. The summed E-state index contributed by atoms with van der Waals surface area (Å²) in [7, 11) is 0. The molecule has 0 radical (unpaired) electrons. The minimum Gasteiger partial charge on any atom is -0.488 e. The predicted molar refractivity (Wildman–Crippen MR) is 205 cm³/mol. The fraction of sp³-hybridized carbons (Fsp3) is 0.116. The normalized spacial score (nSPS) is 11.9. The number of aromatic amines is 2. The van der Waals surface area contributed by atoms with Gasteiger partial charge in [-0.3, -0.25) is 0 Å². The molecule has 0 amide bonds. The quantitative estimate of drug-likeness (QED) is 0.180. The Labute approximate surface area is 298 Å². The van der Waals surface area contributed by atoms with E-state index in [1.54, 1.807) is 0 Å². The second-order valence-corrected chi connectivity index (χ2v) is 13.1. The van der Waals surface area contributed by atoms with Gasteiger partial charge >= 0.3 is 0 Å². The van der Waals surface area contributed by atoms with E-state index in [-0.39, 0.29) is 0 Å². The van der Waals surface area contributed by atoms with Crippen LogP contribution in [0.1, 0.15) is 30.9 Å². The Morgan fingerprint density at radius 1 is 0.462 bits per heavy atom. The summed E-state index contributed by atoms with van der Waals surface area (Å²) in [6, 6.07) is 38.9. The molecule has 0 spiro atoms. The first-order chi connectivity index (χ1) is 25.7. The van der Waals surface area contributed by atoms with Gasteiger partial charge in [-0.05, 0) is 30.0 Å². The zero-order valence-electron chi connectivity index (χ0n) is 28.4. The van der Waals surface area contributed by atoms with E-state index in [0.29, 0.717) is 58.2 Å². The van der Waals surface area contributed by atoms with E-state index in [1.807, 2.05) is 91.0 Å². The molecule has 8 aromatic rings. The lowest BCUT2D eigenvalue weighted by Crippen LogP contribution is -1.98. The second kappa shape index (κ2) is 12.2. The summed E-state index contributed by atoms with van der Waals surface area (Å²) >= 11 is 0. The van der Waals surface area contributed by atoms with Crippen LogP contribution in [0.5, 0.6) is 5.75 Å². The molecule has 3 aromatic heterocycles. The van der Waals surface area contributed by atoms with Crippen LogP contribution in [0.25, 0.3) is 89.7 Å². The van der Waals surface area contributed by atoms with Crippen LogP contribution in [-0.4, -0.2) is 39.9 Å². The zero-order chi connectivity index (χ0) is 34.6. The molecule has 0 saturated carbocycles. The fourth-order valence-electron chi connectivity index (χ4n) is 7.12. The number of unbranched alkanes of at least 4 members (excludes halogenated alkanes) is 1. The Morgan fingerprint density at radius 2 is 0.923 bits per heavy atom. The van der Waals surface area contributed by atoms with Gasteiger partial charge in [-0.2, -0.15) is 0 Å². The average Bonchev–Trinajstić information content (AvgIpc) is 3.92. The summed E-state index contributed by atoms with van der Waals surface area (Å²) in [5.74, 6) is 2.88. The van der Waals surface area contributed by atoms with Crippen LogP contribution in [0.3, 0.4) is 0 Å². The van der Waals surface area contributed by atoms with Crippen LogP contribution in [-0.2, 0) is 13.0 Å². The summed E-state index contributed by atoms with van der Waals surface area (Å²) in [5, 5.41) is 3.70. The van der Waals surface area contributed by atoms with E-state index in [4.69, 9.17) is 34.6 Å². The van der Waals surface area contributed by atoms with Crippen molar-refractivity contribution in [2.75, 3.05) is 0 Å². The first-order valence-electron chi connectivity index (χ1n) is 17.6. The molecule has 8 bridgehead atoms. The van der Waals surface area contributed by atoms with Crippen LogP contribution < -0.4 is 4.74 Å². The van der Waals surface area contributed by atoms with Gasteiger partial charge in [-0.15, -0.1) is 0 Å². The van der Waals surface area contributed by atoms with Crippen LogP contribution in [0, 0.1) is 0 Å². The van der Waals surface area contributed by atoms with Gasteiger partial charge in [0.05, 0.1) is 5.56 Å². The van der Waals surface area contributed by atoms with E-state index in [0.717, 1.165) is 55.8 Å². The molecular weight excluding hydrogens is 645 g/mol. The van der Waals surface area contributed by atoms with E-state index >= 15 is 0 Å². The maximum absolute atomic E-state index is 6.55. The number of nitrogens with one attached hydrogen (secondary N) is 2. The molecule has 2 aliphatic rings. The molecule has 9 nitrogen and oxygen atoms in total. The molecule has 2 aliphatic heterocycles. The van der Waals surface area contributed by atoms with Gasteiger partial charge < -0.3 is 14.7 Å². The summed E-state index contributed by atoms with van der Waals surface area (Å²) < 4.78 is 6.55. The minimum atomic E-state index is 0.410. The van der Waals surface area contributed by atoms with Crippen molar-refractivity contribution >= 4 is 44.1 Å². The van der Waals surface area contributed by atoms with E-state index in [1.165, 1.54) is 18.4 Å². The molecule has 0 aliphatic carbocycles. The summed E-state index contributed by atoms with van der Waals surface area (Å²) in [4.78, 5) is 37.6. The van der Waals surface area contributed by atoms with Crippen molar-refractivity contribution in [2.45, 2.75) is 32.8 Å². The number of hydrogen-bond donors (Lipinski definition) is 2. The molecule has 0 fully saturated rings. The monoisotopic (exact) mass is 676 g/mol. The first-order valence-corrected chi connectivity index (χ1v) is 17.6. The van der Waals surface area contributed by atoms with Crippen LogP contribution in [0.15, 0.2) is 115 Å². The largest absolute Gasteiger partial charge is 0.488 e. The molecule has 0 saturated heterocycles. The Balaban J connectivity index is 1.22. The number of ether oxygens (including phenoxy) is 1. The lowest BCUT2D eigenvalue weighted by Gasteiger charge is -2.11. The van der Waals surface area contributed by atoms with Gasteiger partial charge in [0.1, 0.15) is 34.9 Å². The Morgan fingerprint density at radius 3 is 1.48 bits per heavy atom. The number of nitrogens with zero attached hydrogens (tertiary/aromatic N) is 6. The highest BCUT2D eigenvalue weighted by molar-refractivity contribution is 6.06.